The van der Waals surface area contributed by atoms with Crippen molar-refractivity contribution in [1.82, 2.24) is 24.6 Å². The van der Waals surface area contributed by atoms with Crippen LogP contribution in [0.1, 0.15) is 35.1 Å². The molecule has 2 aromatic carbocycles. The Hall–Kier alpha value is -4.57. The van der Waals surface area contributed by atoms with E-state index in [4.69, 9.17) is 22.3 Å². The summed E-state index contributed by atoms with van der Waals surface area (Å²) in [6, 6.07) is 7.31. The third-order valence-corrected chi connectivity index (χ3v) is 8.03. The minimum Gasteiger partial charge on any atom is -0.395 e. The molecule has 0 amide bonds. The summed E-state index contributed by atoms with van der Waals surface area (Å²) in [6.07, 6.45) is -5.85. The van der Waals surface area contributed by atoms with Crippen molar-refractivity contribution in [1.29, 1.82) is 10.8 Å². The number of halogens is 7. The molecular formula is C30H32ClF6N9O. The van der Waals surface area contributed by atoms with E-state index in [2.05, 4.69) is 10.2 Å². The highest BCUT2D eigenvalue weighted by molar-refractivity contribution is 5.85. The number of benzene rings is 2. The first-order valence-electron chi connectivity index (χ1n) is 14.2. The molecule has 10 nitrogen and oxygen atoms in total. The van der Waals surface area contributed by atoms with Gasteiger partial charge in [0.25, 0.3) is 0 Å². The van der Waals surface area contributed by atoms with Gasteiger partial charge in [-0.1, -0.05) is 36.4 Å². The summed E-state index contributed by atoms with van der Waals surface area (Å²) in [7, 11) is 0. The standard InChI is InChI=1S/C30H31F6N9O.ClH/c31-29(32,33)23-15-19(1-3-21(23)17-5-9-43(10-6-17)27(37)38)25-41-42-26(45(25)13-14-46)20-2-4-22(24(16-20)30(34,35)36)18-7-11-44(12-8-18)28(39)40;/h1-5,7,15-16,46H,6,8-14H2,(H3,37,38)(H3,39,40);1H. The van der Waals surface area contributed by atoms with Gasteiger partial charge in [0, 0.05) is 43.9 Å². The first-order chi connectivity index (χ1) is 21.7. The molecule has 0 aliphatic carbocycles. The second-order valence-electron chi connectivity index (χ2n) is 10.9. The van der Waals surface area contributed by atoms with Gasteiger partial charge >= 0.3 is 12.4 Å². The van der Waals surface area contributed by atoms with E-state index in [0.717, 1.165) is 12.1 Å². The second kappa shape index (κ2) is 13.7. The lowest BCUT2D eigenvalue weighted by molar-refractivity contribution is -0.138. The van der Waals surface area contributed by atoms with E-state index in [9.17, 15) is 31.4 Å². The topological polar surface area (TPSA) is 157 Å². The zero-order valence-corrected chi connectivity index (χ0v) is 25.6. The van der Waals surface area contributed by atoms with Crippen molar-refractivity contribution in [3.63, 3.8) is 0 Å². The summed E-state index contributed by atoms with van der Waals surface area (Å²) >= 11 is 0. The predicted molar refractivity (Wildman–Crippen MR) is 167 cm³/mol. The number of nitrogens with two attached hydrogens (primary N) is 2. The number of alkyl halides is 6. The van der Waals surface area contributed by atoms with Gasteiger partial charge in [-0.05, 0) is 47.2 Å². The van der Waals surface area contributed by atoms with Crippen LogP contribution in [0.15, 0.2) is 48.6 Å². The predicted octanol–water partition coefficient (Wildman–Crippen LogP) is 5.03. The van der Waals surface area contributed by atoms with Gasteiger partial charge in [0.2, 0.25) is 0 Å². The molecule has 0 atom stereocenters. The van der Waals surface area contributed by atoms with Crippen LogP contribution in [0, 0.1) is 10.8 Å². The van der Waals surface area contributed by atoms with E-state index in [0.29, 0.717) is 11.1 Å². The number of nitrogens with zero attached hydrogens (tertiary/aromatic N) is 5. The fraction of sp³-hybridized carbons (Fsp3) is 0.333. The van der Waals surface area contributed by atoms with Crippen LogP contribution in [-0.2, 0) is 18.9 Å². The molecule has 47 heavy (non-hydrogen) atoms. The molecule has 0 bridgehead atoms. The second-order valence-corrected chi connectivity index (χ2v) is 10.9. The van der Waals surface area contributed by atoms with Gasteiger partial charge in [0.05, 0.1) is 17.7 Å². The van der Waals surface area contributed by atoms with E-state index >= 15 is 0 Å². The van der Waals surface area contributed by atoms with Gasteiger partial charge < -0.3 is 30.9 Å². The maximum atomic E-state index is 14.3. The number of guanidine groups is 2. The molecule has 0 fully saturated rings. The van der Waals surface area contributed by atoms with Gasteiger partial charge in [-0.2, -0.15) is 26.3 Å². The Kier molecular flexibility index (Phi) is 10.3. The Morgan fingerprint density at radius 2 is 1.15 bits per heavy atom. The first kappa shape index (κ1) is 35.3. The molecule has 0 saturated carbocycles. The summed E-state index contributed by atoms with van der Waals surface area (Å²) in [5.74, 6) is -0.466. The Balaban J connectivity index is 0.00000500. The molecule has 2 aliphatic rings. The third-order valence-electron chi connectivity index (χ3n) is 8.03. The van der Waals surface area contributed by atoms with E-state index in [1.165, 1.54) is 38.6 Å². The molecule has 0 spiro atoms. The van der Waals surface area contributed by atoms with Crippen LogP contribution >= 0.6 is 12.4 Å². The molecule has 17 heteroatoms. The van der Waals surface area contributed by atoms with Crippen molar-refractivity contribution in [3.8, 4) is 22.8 Å². The molecule has 2 aliphatic heterocycles. The van der Waals surface area contributed by atoms with Gasteiger partial charge in [-0.25, -0.2) is 0 Å². The van der Waals surface area contributed by atoms with Gasteiger partial charge in [-0.3, -0.25) is 10.8 Å². The zero-order valence-electron chi connectivity index (χ0n) is 24.8. The molecule has 252 valence electrons. The minimum atomic E-state index is -4.75. The molecule has 5 rings (SSSR count). The molecule has 7 N–H and O–H groups in total. The Bertz CT molecular complexity index is 1610. The number of aliphatic hydroxyl groups excluding tert-OH is 1. The largest absolute Gasteiger partial charge is 0.417 e. The average Bonchev–Trinajstić information content (AvgIpc) is 3.43. The number of aromatic nitrogens is 3. The third kappa shape index (κ3) is 7.38. The van der Waals surface area contributed by atoms with Crippen molar-refractivity contribution in [3.05, 3.63) is 70.8 Å². The van der Waals surface area contributed by atoms with Crippen LogP contribution in [0.2, 0.25) is 0 Å². The van der Waals surface area contributed by atoms with Crippen LogP contribution in [0.4, 0.5) is 26.3 Å². The smallest absolute Gasteiger partial charge is 0.395 e. The lowest BCUT2D eigenvalue weighted by atomic mass is 9.92. The maximum Gasteiger partial charge on any atom is 0.417 e. The SMILES string of the molecule is Cl.N=C(N)N1CC=C(c2ccc(-c3nnc(-c4ccc(C5=CCN(C(=N)N)CC5)c(C(F)(F)F)c4)n3CCO)cc2C(F)(F)F)CC1. The molecule has 0 saturated heterocycles. The first-order valence-corrected chi connectivity index (χ1v) is 14.2. The number of hydrogen-bond donors (Lipinski definition) is 5. The van der Waals surface area contributed by atoms with E-state index in [1.54, 1.807) is 12.2 Å². The van der Waals surface area contributed by atoms with Gasteiger partial charge in [-0.15, -0.1) is 22.6 Å². The normalized spacial score (nSPS) is 15.6. The molecule has 3 aromatic rings. The fourth-order valence-corrected chi connectivity index (χ4v) is 5.70. The van der Waals surface area contributed by atoms with Crippen molar-refractivity contribution in [2.45, 2.75) is 31.7 Å². The van der Waals surface area contributed by atoms with Crippen molar-refractivity contribution in [2.24, 2.45) is 11.5 Å². The quantitative estimate of drug-likeness (QED) is 0.139. The summed E-state index contributed by atoms with van der Waals surface area (Å²) < 4.78 is 87.2. The Morgan fingerprint density at radius 1 is 0.745 bits per heavy atom. The molecule has 3 heterocycles. The highest BCUT2D eigenvalue weighted by Crippen LogP contribution is 2.41. The zero-order chi connectivity index (χ0) is 33.4. The lowest BCUT2D eigenvalue weighted by Crippen LogP contribution is -2.39. The van der Waals surface area contributed by atoms with E-state index in [-0.39, 0.29) is 104 Å². The van der Waals surface area contributed by atoms with Crippen molar-refractivity contribution >= 4 is 35.5 Å². The van der Waals surface area contributed by atoms with Gasteiger partial charge in [0.15, 0.2) is 23.6 Å². The monoisotopic (exact) mass is 683 g/mol. The van der Waals surface area contributed by atoms with Crippen molar-refractivity contribution < 1.29 is 31.4 Å². The highest BCUT2D eigenvalue weighted by atomic mass is 35.5. The van der Waals surface area contributed by atoms with E-state index in [1.807, 2.05) is 0 Å². The van der Waals surface area contributed by atoms with Crippen LogP contribution in [0.3, 0.4) is 0 Å². The molecule has 0 unspecified atom stereocenters. The van der Waals surface area contributed by atoms with Crippen LogP contribution in [0.5, 0.6) is 0 Å². The fourth-order valence-electron chi connectivity index (χ4n) is 5.70. The highest BCUT2D eigenvalue weighted by Gasteiger charge is 2.37. The molecule has 1 aromatic heterocycles. The van der Waals surface area contributed by atoms with Gasteiger partial charge in [0.1, 0.15) is 0 Å². The molecular weight excluding hydrogens is 652 g/mol. The van der Waals surface area contributed by atoms with E-state index < -0.39 is 30.1 Å². The number of hydrogen-bond acceptors (Lipinski definition) is 5. The summed E-state index contributed by atoms with van der Waals surface area (Å²) in [6.45, 7) is 0.255. The Morgan fingerprint density at radius 3 is 1.45 bits per heavy atom. The molecule has 0 radical (unpaired) electrons. The number of rotatable bonds is 6. The maximum absolute atomic E-state index is 14.3. The average molecular weight is 684 g/mol. The summed E-state index contributed by atoms with van der Waals surface area (Å²) in [4.78, 5) is 3.05. The minimum absolute atomic E-state index is 0. The van der Waals surface area contributed by atoms with Crippen LogP contribution in [0.25, 0.3) is 33.9 Å². The van der Waals surface area contributed by atoms with Crippen LogP contribution in [-0.4, -0.2) is 74.4 Å². The Labute approximate surface area is 271 Å². The van der Waals surface area contributed by atoms with Crippen LogP contribution < -0.4 is 11.5 Å². The van der Waals surface area contributed by atoms with Crippen molar-refractivity contribution in [2.75, 3.05) is 32.8 Å². The number of nitrogens with one attached hydrogen (secondary N) is 2. The summed E-state index contributed by atoms with van der Waals surface area (Å²) in [5, 5.41) is 33.0. The lowest BCUT2D eigenvalue weighted by Gasteiger charge is -2.27. The number of aliphatic hydroxyl groups is 1. The summed E-state index contributed by atoms with van der Waals surface area (Å²) in [5.41, 5.74) is 9.97.